The van der Waals surface area contributed by atoms with Crippen molar-refractivity contribution in [3.63, 3.8) is 0 Å². The summed E-state index contributed by atoms with van der Waals surface area (Å²) in [5.41, 5.74) is 1.31. The number of guanidine groups is 1. The molecule has 0 atom stereocenters. The van der Waals surface area contributed by atoms with E-state index < -0.39 is 0 Å². The third-order valence-corrected chi connectivity index (χ3v) is 5.20. The summed E-state index contributed by atoms with van der Waals surface area (Å²) in [6, 6.07) is 8.08. The van der Waals surface area contributed by atoms with Crippen molar-refractivity contribution < 1.29 is 0 Å². The molecule has 160 valence electrons. The van der Waals surface area contributed by atoms with Gasteiger partial charge < -0.3 is 15.2 Å². The van der Waals surface area contributed by atoms with Crippen molar-refractivity contribution >= 4 is 41.5 Å². The van der Waals surface area contributed by atoms with Gasteiger partial charge in [-0.25, -0.2) is 4.99 Å². The Balaban J connectivity index is 0.00000300. The highest BCUT2D eigenvalue weighted by atomic mass is 127. The van der Waals surface area contributed by atoms with E-state index in [1.807, 2.05) is 18.2 Å². The first-order chi connectivity index (χ1) is 13.5. The second-order valence-electron chi connectivity index (χ2n) is 8.16. The second-order valence-corrected chi connectivity index (χ2v) is 8.60. The lowest BCUT2D eigenvalue weighted by atomic mass is 9.86. The number of nitrogens with one attached hydrogen (secondary N) is 2. The van der Waals surface area contributed by atoms with E-state index in [1.165, 1.54) is 18.4 Å². The molecule has 0 bridgehead atoms. The minimum absolute atomic E-state index is 0. The van der Waals surface area contributed by atoms with E-state index in [0.29, 0.717) is 6.54 Å². The summed E-state index contributed by atoms with van der Waals surface area (Å²) < 4.78 is 2.22. The van der Waals surface area contributed by atoms with Gasteiger partial charge in [-0.1, -0.05) is 37.6 Å². The zero-order valence-electron chi connectivity index (χ0n) is 17.5. The highest BCUT2D eigenvalue weighted by Gasteiger charge is 2.20. The Bertz CT molecular complexity index is 817. The van der Waals surface area contributed by atoms with E-state index in [-0.39, 0.29) is 29.4 Å². The van der Waals surface area contributed by atoms with Crippen molar-refractivity contribution in [2.75, 3.05) is 13.1 Å². The minimum atomic E-state index is 0. The second kappa shape index (κ2) is 11.2. The van der Waals surface area contributed by atoms with Crippen LogP contribution in [0.4, 0.5) is 0 Å². The molecule has 1 aromatic heterocycles. The number of aromatic nitrogens is 3. The molecule has 2 N–H and O–H groups in total. The first-order valence-corrected chi connectivity index (χ1v) is 10.5. The normalized spacial score (nSPS) is 14.1. The van der Waals surface area contributed by atoms with Crippen molar-refractivity contribution in [3.8, 4) is 0 Å². The maximum atomic E-state index is 6.13. The molecule has 29 heavy (non-hydrogen) atoms. The van der Waals surface area contributed by atoms with Gasteiger partial charge in [0.25, 0.3) is 0 Å². The Labute approximate surface area is 195 Å². The highest BCUT2D eigenvalue weighted by Crippen LogP contribution is 2.23. The van der Waals surface area contributed by atoms with E-state index >= 15 is 0 Å². The van der Waals surface area contributed by atoms with Crippen LogP contribution in [-0.2, 0) is 25.9 Å². The zero-order valence-corrected chi connectivity index (χ0v) is 20.6. The van der Waals surface area contributed by atoms with Gasteiger partial charge in [0.15, 0.2) is 11.8 Å². The molecule has 0 fully saturated rings. The van der Waals surface area contributed by atoms with Gasteiger partial charge >= 0.3 is 0 Å². The summed E-state index contributed by atoms with van der Waals surface area (Å²) in [5.74, 6) is 2.86. The average Bonchev–Trinajstić information content (AvgIpc) is 3.07. The van der Waals surface area contributed by atoms with E-state index in [4.69, 9.17) is 16.6 Å². The molecular weight excluding hydrogens is 499 g/mol. The van der Waals surface area contributed by atoms with Crippen LogP contribution in [0.1, 0.15) is 50.8 Å². The van der Waals surface area contributed by atoms with Crippen LogP contribution in [-0.4, -0.2) is 33.8 Å². The third-order valence-electron chi connectivity index (χ3n) is 4.97. The molecule has 0 amide bonds. The molecule has 1 aliphatic rings. The Morgan fingerprint density at radius 3 is 2.83 bits per heavy atom. The molecule has 1 aliphatic heterocycles. The summed E-state index contributed by atoms with van der Waals surface area (Å²) in [6.07, 6.45) is 4.36. The Kier molecular flexibility index (Phi) is 9.20. The summed E-state index contributed by atoms with van der Waals surface area (Å²) in [6.45, 7) is 9.74. The third kappa shape index (κ3) is 7.13. The first kappa shape index (κ1) is 23.9. The number of fused-ring (bicyclic) bond motifs is 1. The van der Waals surface area contributed by atoms with Crippen molar-refractivity contribution in [2.24, 2.45) is 10.4 Å². The van der Waals surface area contributed by atoms with Crippen LogP contribution in [0, 0.1) is 5.41 Å². The minimum Gasteiger partial charge on any atom is -0.357 e. The van der Waals surface area contributed by atoms with Gasteiger partial charge in [0.2, 0.25) is 0 Å². The Morgan fingerprint density at radius 2 is 2.07 bits per heavy atom. The number of halogens is 2. The smallest absolute Gasteiger partial charge is 0.191 e. The standard InChI is InChI=1S/C21H31ClN6.HI/c1-4-23-20(24-14-19-27-26-18-10-5-6-11-28(18)19)25-15-21(2,3)13-16-8-7-9-17(22)12-16;/h7-9,12H,4-6,10-11,13-15H2,1-3H3,(H2,23,24,25);1H. The van der Waals surface area contributed by atoms with Crippen LogP contribution >= 0.6 is 35.6 Å². The van der Waals surface area contributed by atoms with E-state index in [0.717, 1.165) is 55.1 Å². The van der Waals surface area contributed by atoms with Crippen molar-refractivity contribution in [1.82, 2.24) is 25.4 Å². The number of aliphatic imine (C=N–C) groups is 1. The topological polar surface area (TPSA) is 67.1 Å². The van der Waals surface area contributed by atoms with E-state index in [2.05, 4.69) is 52.2 Å². The van der Waals surface area contributed by atoms with E-state index in [9.17, 15) is 0 Å². The molecule has 0 spiro atoms. The van der Waals surface area contributed by atoms with Gasteiger partial charge in [-0.15, -0.1) is 34.2 Å². The predicted molar refractivity (Wildman–Crippen MR) is 130 cm³/mol. The monoisotopic (exact) mass is 530 g/mol. The van der Waals surface area contributed by atoms with Crippen LogP contribution in [0.15, 0.2) is 29.3 Å². The van der Waals surface area contributed by atoms with Crippen molar-refractivity contribution in [3.05, 3.63) is 46.5 Å². The molecule has 0 radical (unpaired) electrons. The summed E-state index contributed by atoms with van der Waals surface area (Å²) in [7, 11) is 0. The lowest BCUT2D eigenvalue weighted by Crippen LogP contribution is -2.42. The fraction of sp³-hybridized carbons (Fsp3) is 0.571. The van der Waals surface area contributed by atoms with Crippen LogP contribution in [0.3, 0.4) is 0 Å². The molecule has 6 nitrogen and oxygen atoms in total. The molecular formula is C21H32ClIN6. The SMILES string of the molecule is CCNC(=NCc1nnc2n1CCCC2)NCC(C)(C)Cc1cccc(Cl)c1.I. The Hall–Kier alpha value is -1.35. The zero-order chi connectivity index (χ0) is 20.0. The average molecular weight is 531 g/mol. The van der Waals surface area contributed by atoms with Gasteiger partial charge in [0.05, 0.1) is 0 Å². The van der Waals surface area contributed by atoms with Gasteiger partial charge in [0.1, 0.15) is 12.4 Å². The maximum absolute atomic E-state index is 6.13. The van der Waals surface area contributed by atoms with Crippen LogP contribution in [0.5, 0.6) is 0 Å². The number of benzene rings is 1. The van der Waals surface area contributed by atoms with Crippen LogP contribution in [0.25, 0.3) is 0 Å². The van der Waals surface area contributed by atoms with Gasteiger partial charge in [-0.3, -0.25) is 0 Å². The fourth-order valence-electron chi connectivity index (χ4n) is 3.56. The lowest BCUT2D eigenvalue weighted by molar-refractivity contribution is 0.359. The van der Waals surface area contributed by atoms with Crippen LogP contribution < -0.4 is 10.6 Å². The van der Waals surface area contributed by atoms with E-state index in [1.54, 1.807) is 0 Å². The molecule has 2 aromatic rings. The largest absolute Gasteiger partial charge is 0.357 e. The van der Waals surface area contributed by atoms with Crippen molar-refractivity contribution in [2.45, 2.75) is 59.5 Å². The molecule has 0 unspecified atom stereocenters. The molecule has 3 rings (SSSR count). The number of nitrogens with zero attached hydrogens (tertiary/aromatic N) is 4. The number of rotatable bonds is 7. The molecule has 1 aromatic carbocycles. The van der Waals surface area contributed by atoms with Gasteiger partial charge in [0, 0.05) is 31.1 Å². The summed E-state index contributed by atoms with van der Waals surface area (Å²) in [5, 5.41) is 16.3. The number of hydrogen-bond donors (Lipinski definition) is 2. The fourth-order valence-corrected chi connectivity index (χ4v) is 3.77. The van der Waals surface area contributed by atoms with Gasteiger partial charge in [-0.2, -0.15) is 0 Å². The Morgan fingerprint density at radius 1 is 1.24 bits per heavy atom. The van der Waals surface area contributed by atoms with Crippen molar-refractivity contribution in [1.29, 1.82) is 0 Å². The quantitative estimate of drug-likeness (QED) is 0.320. The highest BCUT2D eigenvalue weighted by molar-refractivity contribution is 14.0. The molecule has 0 saturated carbocycles. The number of hydrogen-bond acceptors (Lipinski definition) is 3. The number of aryl methyl sites for hydroxylation is 1. The summed E-state index contributed by atoms with van der Waals surface area (Å²) >= 11 is 6.13. The first-order valence-electron chi connectivity index (χ1n) is 10.1. The predicted octanol–water partition coefficient (Wildman–Crippen LogP) is 4.21. The lowest BCUT2D eigenvalue weighted by Gasteiger charge is -2.26. The summed E-state index contributed by atoms with van der Waals surface area (Å²) in [4.78, 5) is 4.74. The van der Waals surface area contributed by atoms with Gasteiger partial charge in [-0.05, 0) is 49.3 Å². The molecule has 2 heterocycles. The molecule has 0 saturated heterocycles. The van der Waals surface area contributed by atoms with Crippen LogP contribution in [0.2, 0.25) is 5.02 Å². The molecule has 8 heteroatoms. The maximum Gasteiger partial charge on any atom is 0.191 e. The molecule has 0 aliphatic carbocycles.